The Labute approximate surface area is 287 Å². The van der Waals surface area contributed by atoms with E-state index in [0.717, 1.165) is 42.4 Å². The van der Waals surface area contributed by atoms with Gasteiger partial charge in [-0.15, -0.1) is 0 Å². The molecule has 0 spiro atoms. The van der Waals surface area contributed by atoms with Gasteiger partial charge in [-0.1, -0.05) is 74.5 Å². The summed E-state index contributed by atoms with van der Waals surface area (Å²) in [4.78, 5) is 35.7. The second kappa shape index (κ2) is 15.8. The molecule has 5 aromatic rings. The molecule has 1 amide bonds. The topological polar surface area (TPSA) is 58.4 Å². The van der Waals surface area contributed by atoms with Crippen molar-refractivity contribution in [3.8, 4) is 11.1 Å². The summed E-state index contributed by atoms with van der Waals surface area (Å²) in [6, 6.07) is 21.6. The molecule has 0 radical (unpaired) electrons. The number of aromatic nitrogens is 2. The predicted molar refractivity (Wildman–Crippen MR) is 185 cm³/mol. The molecule has 0 bridgehead atoms. The number of hydrogen-bond donors (Lipinski definition) is 0. The molecule has 0 N–H and O–H groups in total. The fourth-order valence-electron chi connectivity index (χ4n) is 6.09. The van der Waals surface area contributed by atoms with E-state index in [4.69, 9.17) is 0 Å². The molecule has 11 heteroatoms. The van der Waals surface area contributed by atoms with E-state index in [1.54, 1.807) is 34.6 Å². The number of alkyl halides is 3. The molecular weight excluding hydrogens is 651 g/mol. The highest BCUT2D eigenvalue weighted by Gasteiger charge is 2.30. The molecular formula is C39H39F5N4O2. The number of amides is 1. The highest BCUT2D eigenvalue weighted by Crippen LogP contribution is 2.31. The zero-order chi connectivity index (χ0) is 36.0. The van der Waals surface area contributed by atoms with Gasteiger partial charge in [-0.25, -0.2) is 8.78 Å². The van der Waals surface area contributed by atoms with E-state index in [1.165, 1.54) is 24.3 Å². The van der Waals surface area contributed by atoms with Crippen molar-refractivity contribution in [1.82, 2.24) is 19.4 Å². The van der Waals surface area contributed by atoms with Crippen molar-refractivity contribution in [2.75, 3.05) is 26.2 Å². The van der Waals surface area contributed by atoms with Crippen molar-refractivity contribution in [3.63, 3.8) is 0 Å². The van der Waals surface area contributed by atoms with Crippen molar-refractivity contribution in [3.05, 3.63) is 135 Å². The third-order valence-corrected chi connectivity index (χ3v) is 9.05. The minimum Gasteiger partial charge on any atom is -0.336 e. The van der Waals surface area contributed by atoms with Crippen LogP contribution in [0.4, 0.5) is 22.0 Å². The maximum Gasteiger partial charge on any atom is 0.416 e. The van der Waals surface area contributed by atoms with Gasteiger partial charge in [0.15, 0.2) is 11.6 Å². The summed E-state index contributed by atoms with van der Waals surface area (Å²) in [6.45, 7) is 8.64. The molecule has 0 aliphatic rings. The van der Waals surface area contributed by atoms with E-state index in [2.05, 4.69) is 9.88 Å². The number of halogens is 5. The number of nitrogens with zero attached hydrogens (tertiary/aromatic N) is 4. The first-order valence-electron chi connectivity index (χ1n) is 16.6. The van der Waals surface area contributed by atoms with Gasteiger partial charge in [-0.3, -0.25) is 9.59 Å². The third-order valence-electron chi connectivity index (χ3n) is 9.05. The van der Waals surface area contributed by atoms with Crippen LogP contribution in [0.5, 0.6) is 0 Å². The largest absolute Gasteiger partial charge is 0.416 e. The summed E-state index contributed by atoms with van der Waals surface area (Å²) in [5, 5.41) is 0.384. The molecule has 1 heterocycles. The zero-order valence-electron chi connectivity index (χ0n) is 28.2. The maximum atomic E-state index is 14.5. The highest BCUT2D eigenvalue weighted by molar-refractivity contribution is 5.84. The normalized spacial score (nSPS) is 11.8. The van der Waals surface area contributed by atoms with Gasteiger partial charge >= 0.3 is 6.18 Å². The number of fused-ring (bicyclic) bond motifs is 1. The van der Waals surface area contributed by atoms with E-state index in [-0.39, 0.29) is 43.2 Å². The zero-order valence-corrected chi connectivity index (χ0v) is 28.2. The number of benzene rings is 4. The summed E-state index contributed by atoms with van der Waals surface area (Å²) >= 11 is 0. The minimum absolute atomic E-state index is 0.0680. The van der Waals surface area contributed by atoms with Crippen LogP contribution in [0.15, 0.2) is 89.7 Å². The lowest BCUT2D eigenvalue weighted by molar-refractivity contribution is -0.137. The Hall–Kier alpha value is -4.90. The van der Waals surface area contributed by atoms with Crippen molar-refractivity contribution < 1.29 is 26.7 Å². The molecule has 0 aliphatic heterocycles. The molecule has 0 fully saturated rings. The lowest BCUT2D eigenvalue weighted by Gasteiger charge is -2.28. The van der Waals surface area contributed by atoms with Gasteiger partial charge < -0.3 is 14.4 Å². The van der Waals surface area contributed by atoms with Gasteiger partial charge in [0, 0.05) is 26.1 Å². The average Bonchev–Trinajstić information content (AvgIpc) is 3.10. The minimum atomic E-state index is -4.42. The van der Waals surface area contributed by atoms with E-state index in [9.17, 15) is 31.5 Å². The van der Waals surface area contributed by atoms with E-state index >= 15 is 0 Å². The molecule has 4 aromatic carbocycles. The van der Waals surface area contributed by atoms with Crippen LogP contribution in [-0.4, -0.2) is 51.4 Å². The Morgan fingerprint density at radius 3 is 2.10 bits per heavy atom. The summed E-state index contributed by atoms with van der Waals surface area (Å²) in [6.07, 6.45) is -4.25. The smallest absolute Gasteiger partial charge is 0.336 e. The molecule has 0 aliphatic carbocycles. The van der Waals surface area contributed by atoms with Crippen molar-refractivity contribution in [2.24, 2.45) is 0 Å². The predicted octanol–water partition coefficient (Wildman–Crippen LogP) is 7.82. The summed E-state index contributed by atoms with van der Waals surface area (Å²) in [5.41, 5.74) is 2.40. The van der Waals surface area contributed by atoms with Crippen LogP contribution in [-0.2, 0) is 36.9 Å². The monoisotopic (exact) mass is 690 g/mol. The van der Waals surface area contributed by atoms with E-state index in [1.807, 2.05) is 38.1 Å². The molecule has 0 unspecified atom stereocenters. The third kappa shape index (κ3) is 8.45. The Morgan fingerprint density at radius 1 is 0.820 bits per heavy atom. The number of carbonyl (C=O) groups excluding carboxylic acids is 1. The lowest BCUT2D eigenvalue weighted by Crippen LogP contribution is -2.40. The molecule has 0 saturated heterocycles. The van der Waals surface area contributed by atoms with Crippen molar-refractivity contribution in [2.45, 2.75) is 52.9 Å². The highest BCUT2D eigenvalue weighted by atomic mass is 19.4. The van der Waals surface area contributed by atoms with Crippen LogP contribution in [0, 0.1) is 18.6 Å². The molecule has 50 heavy (non-hydrogen) atoms. The van der Waals surface area contributed by atoms with Crippen LogP contribution in [0.1, 0.15) is 41.9 Å². The first kappa shape index (κ1) is 36.4. The molecule has 1 aromatic heterocycles. The first-order chi connectivity index (χ1) is 23.9. The fourth-order valence-corrected chi connectivity index (χ4v) is 6.09. The van der Waals surface area contributed by atoms with Gasteiger partial charge in [0.1, 0.15) is 12.4 Å². The molecule has 262 valence electrons. The summed E-state index contributed by atoms with van der Waals surface area (Å²) < 4.78 is 69.3. The second-order valence-corrected chi connectivity index (χ2v) is 12.2. The molecule has 0 saturated carbocycles. The van der Waals surface area contributed by atoms with Crippen LogP contribution >= 0.6 is 0 Å². The quantitative estimate of drug-likeness (QED) is 0.118. The van der Waals surface area contributed by atoms with E-state index < -0.39 is 28.9 Å². The summed E-state index contributed by atoms with van der Waals surface area (Å²) in [5.74, 6) is -1.86. The molecule has 0 atom stereocenters. The van der Waals surface area contributed by atoms with Crippen molar-refractivity contribution in [1.29, 1.82) is 0 Å². The molecule has 6 nitrogen and oxygen atoms in total. The lowest BCUT2D eigenvalue weighted by atomic mass is 10.0. The van der Waals surface area contributed by atoms with Gasteiger partial charge in [0.25, 0.3) is 5.56 Å². The van der Waals surface area contributed by atoms with Crippen molar-refractivity contribution >= 4 is 16.8 Å². The Morgan fingerprint density at radius 2 is 1.46 bits per heavy atom. The van der Waals surface area contributed by atoms with Crippen LogP contribution in [0.25, 0.3) is 22.0 Å². The number of hydrogen-bond acceptors (Lipinski definition) is 4. The van der Waals surface area contributed by atoms with Gasteiger partial charge in [0.2, 0.25) is 5.91 Å². The number of likely N-dealkylation sites (N-methyl/N-ethyl adjacent to an activating group) is 1. The van der Waals surface area contributed by atoms with Gasteiger partial charge in [-0.2, -0.15) is 18.2 Å². The number of carbonyl (C=O) groups is 1. The van der Waals surface area contributed by atoms with Crippen LogP contribution < -0.4 is 5.56 Å². The first-order valence-corrected chi connectivity index (χ1v) is 16.6. The van der Waals surface area contributed by atoms with Crippen LogP contribution in [0.2, 0.25) is 0 Å². The number of rotatable bonds is 13. The molecule has 5 rings (SSSR count). The van der Waals surface area contributed by atoms with Crippen LogP contribution in [0.3, 0.4) is 0 Å². The van der Waals surface area contributed by atoms with E-state index in [0.29, 0.717) is 35.1 Å². The van der Waals surface area contributed by atoms with Gasteiger partial charge in [-0.05, 0) is 78.5 Å². The Balaban J connectivity index is 1.44. The number of aryl methyl sites for hydroxylation is 3. The second-order valence-electron chi connectivity index (χ2n) is 12.2. The maximum absolute atomic E-state index is 14.5. The average molecular weight is 691 g/mol. The summed E-state index contributed by atoms with van der Waals surface area (Å²) in [7, 11) is 0. The Kier molecular flexibility index (Phi) is 11.5. The Bertz CT molecular complexity index is 2000. The SMILES string of the molecule is CCN(CC)CCN(Cc1ccc(-c2ccc(C(F)(F)F)cc2)cc1)C(=O)Cn1c(CCc2cccc(F)c2F)nc(=O)c2c(C)cccc21. The van der Waals surface area contributed by atoms with Gasteiger partial charge in [0.05, 0.1) is 16.5 Å². The standard InChI is InChI=1S/C39H39F5N4O2/c1-4-46(5-2)22-23-47(24-27-12-14-28(15-13-27)29-16-19-31(20-17-29)39(42,43)44)35(49)25-48-33-11-6-8-26(3)36(33)38(50)45-34(48)21-18-30-9-7-10-32(40)37(30)41/h6-17,19-20H,4-5,18,21-25H2,1-3H3. The fraction of sp³-hybridized carbons (Fsp3) is 0.308.